The SMILES string of the molecule is NC1CCOc2cc(Cl)c(Cl)cc2C1O. The molecule has 0 saturated heterocycles. The van der Waals surface area contributed by atoms with Crippen LogP contribution >= 0.6 is 23.2 Å². The third-order valence-corrected chi connectivity index (χ3v) is 3.21. The molecular formula is C10H11Cl2NO2. The molecule has 15 heavy (non-hydrogen) atoms. The molecule has 2 rings (SSSR count). The molecule has 2 atom stereocenters. The van der Waals surface area contributed by atoms with Crippen molar-refractivity contribution in [3.63, 3.8) is 0 Å². The summed E-state index contributed by atoms with van der Waals surface area (Å²) in [6.07, 6.45) is -0.150. The fourth-order valence-corrected chi connectivity index (χ4v) is 1.92. The number of aliphatic hydroxyl groups excluding tert-OH is 1. The van der Waals surface area contributed by atoms with Gasteiger partial charge in [0.1, 0.15) is 5.75 Å². The van der Waals surface area contributed by atoms with E-state index in [0.29, 0.717) is 34.4 Å². The van der Waals surface area contributed by atoms with Crippen LogP contribution in [0.2, 0.25) is 10.0 Å². The number of benzene rings is 1. The van der Waals surface area contributed by atoms with E-state index in [4.69, 9.17) is 33.7 Å². The Balaban J connectivity index is 2.49. The zero-order valence-electron chi connectivity index (χ0n) is 7.91. The zero-order chi connectivity index (χ0) is 11.0. The minimum absolute atomic E-state index is 0.330. The third-order valence-electron chi connectivity index (χ3n) is 2.49. The van der Waals surface area contributed by atoms with Crippen molar-refractivity contribution in [1.29, 1.82) is 0 Å². The molecule has 1 aromatic rings. The molecule has 0 amide bonds. The Morgan fingerprint density at radius 3 is 2.73 bits per heavy atom. The van der Waals surface area contributed by atoms with Crippen LogP contribution in [0.4, 0.5) is 0 Å². The van der Waals surface area contributed by atoms with Crippen LogP contribution < -0.4 is 10.5 Å². The van der Waals surface area contributed by atoms with Gasteiger partial charge in [-0.25, -0.2) is 0 Å². The number of nitrogens with two attached hydrogens (primary N) is 1. The molecule has 1 aliphatic rings. The second-order valence-corrected chi connectivity index (χ2v) is 4.36. The Labute approximate surface area is 97.7 Å². The molecule has 2 unspecified atom stereocenters. The first-order chi connectivity index (χ1) is 7.09. The molecule has 0 spiro atoms. The van der Waals surface area contributed by atoms with Gasteiger partial charge in [-0.15, -0.1) is 0 Å². The van der Waals surface area contributed by atoms with Crippen molar-refractivity contribution in [3.8, 4) is 5.75 Å². The van der Waals surface area contributed by atoms with Gasteiger partial charge in [0, 0.05) is 17.7 Å². The summed E-state index contributed by atoms with van der Waals surface area (Å²) in [5.74, 6) is 0.560. The minimum atomic E-state index is -0.753. The standard InChI is InChI=1S/C10H11Cl2NO2/c11-6-3-5-9(4-7(6)12)15-2-1-8(13)10(5)14/h3-4,8,10,14H,1-2,13H2. The van der Waals surface area contributed by atoms with Crippen LogP contribution in [-0.2, 0) is 0 Å². The summed E-state index contributed by atoms with van der Waals surface area (Å²) in [6.45, 7) is 0.475. The first kappa shape index (κ1) is 11.0. The summed E-state index contributed by atoms with van der Waals surface area (Å²) >= 11 is 11.7. The minimum Gasteiger partial charge on any atom is -0.493 e. The van der Waals surface area contributed by atoms with Gasteiger partial charge >= 0.3 is 0 Å². The molecule has 0 aromatic heterocycles. The largest absolute Gasteiger partial charge is 0.493 e. The van der Waals surface area contributed by atoms with Crippen LogP contribution in [0.15, 0.2) is 12.1 Å². The predicted octanol–water partition coefficient (Wildman–Crippen LogP) is 2.14. The van der Waals surface area contributed by atoms with E-state index in [1.54, 1.807) is 12.1 Å². The lowest BCUT2D eigenvalue weighted by Crippen LogP contribution is -2.28. The average Bonchev–Trinajstić information content (AvgIpc) is 2.32. The van der Waals surface area contributed by atoms with Crippen molar-refractivity contribution in [1.82, 2.24) is 0 Å². The molecule has 0 bridgehead atoms. The van der Waals surface area contributed by atoms with Crippen molar-refractivity contribution in [3.05, 3.63) is 27.7 Å². The number of rotatable bonds is 0. The van der Waals surface area contributed by atoms with Crippen LogP contribution in [0.5, 0.6) is 5.75 Å². The molecule has 1 heterocycles. The first-order valence-electron chi connectivity index (χ1n) is 4.65. The number of hydrogen-bond donors (Lipinski definition) is 2. The molecule has 0 saturated carbocycles. The highest BCUT2D eigenvalue weighted by Gasteiger charge is 2.25. The monoisotopic (exact) mass is 247 g/mol. The highest BCUT2D eigenvalue weighted by molar-refractivity contribution is 6.42. The van der Waals surface area contributed by atoms with Crippen LogP contribution in [-0.4, -0.2) is 17.8 Å². The smallest absolute Gasteiger partial charge is 0.126 e. The van der Waals surface area contributed by atoms with E-state index < -0.39 is 6.10 Å². The van der Waals surface area contributed by atoms with Gasteiger partial charge in [0.2, 0.25) is 0 Å². The van der Waals surface area contributed by atoms with Gasteiger partial charge in [-0.3, -0.25) is 0 Å². The summed E-state index contributed by atoms with van der Waals surface area (Å²) in [4.78, 5) is 0. The maximum atomic E-state index is 9.92. The molecule has 0 aliphatic carbocycles. The van der Waals surface area contributed by atoms with Gasteiger partial charge in [-0.1, -0.05) is 23.2 Å². The predicted molar refractivity (Wildman–Crippen MR) is 59.5 cm³/mol. The maximum Gasteiger partial charge on any atom is 0.126 e. The van der Waals surface area contributed by atoms with Gasteiger partial charge in [0.05, 0.1) is 22.8 Å². The van der Waals surface area contributed by atoms with Crippen LogP contribution in [0.1, 0.15) is 18.1 Å². The highest BCUT2D eigenvalue weighted by atomic mass is 35.5. The average molecular weight is 248 g/mol. The molecular weight excluding hydrogens is 237 g/mol. The molecule has 82 valence electrons. The lowest BCUT2D eigenvalue weighted by molar-refractivity contribution is 0.145. The van der Waals surface area contributed by atoms with Crippen molar-refractivity contribution in [2.45, 2.75) is 18.6 Å². The Kier molecular flexibility index (Phi) is 3.07. The summed E-state index contributed by atoms with van der Waals surface area (Å²) in [5, 5.41) is 10.7. The molecule has 5 heteroatoms. The molecule has 0 radical (unpaired) electrons. The maximum absolute atomic E-state index is 9.92. The lowest BCUT2D eigenvalue weighted by Gasteiger charge is -2.16. The van der Waals surface area contributed by atoms with Gasteiger partial charge < -0.3 is 15.6 Å². The zero-order valence-corrected chi connectivity index (χ0v) is 9.42. The van der Waals surface area contributed by atoms with Gasteiger partial charge in [-0.2, -0.15) is 0 Å². The van der Waals surface area contributed by atoms with Crippen LogP contribution in [0.3, 0.4) is 0 Å². The molecule has 1 aliphatic heterocycles. The van der Waals surface area contributed by atoms with Crippen LogP contribution in [0.25, 0.3) is 0 Å². The Morgan fingerprint density at radius 2 is 2.00 bits per heavy atom. The van der Waals surface area contributed by atoms with E-state index in [1.807, 2.05) is 0 Å². The van der Waals surface area contributed by atoms with Crippen molar-refractivity contribution in [2.24, 2.45) is 5.73 Å². The molecule has 3 N–H and O–H groups in total. The third kappa shape index (κ3) is 2.06. The molecule has 1 aromatic carbocycles. The molecule has 3 nitrogen and oxygen atoms in total. The van der Waals surface area contributed by atoms with E-state index in [9.17, 15) is 5.11 Å². The fraction of sp³-hybridized carbons (Fsp3) is 0.400. The lowest BCUT2D eigenvalue weighted by atomic mass is 10.0. The summed E-state index contributed by atoms with van der Waals surface area (Å²) < 4.78 is 5.44. The normalized spacial score (nSPS) is 25.3. The van der Waals surface area contributed by atoms with E-state index in [2.05, 4.69) is 0 Å². The summed E-state index contributed by atoms with van der Waals surface area (Å²) in [5.41, 5.74) is 6.38. The van der Waals surface area contributed by atoms with Crippen molar-refractivity contribution < 1.29 is 9.84 Å². The quantitative estimate of drug-likeness (QED) is 0.739. The summed E-state index contributed by atoms with van der Waals surface area (Å²) in [6, 6.07) is 2.89. The second-order valence-electron chi connectivity index (χ2n) is 3.55. The topological polar surface area (TPSA) is 55.5 Å². The first-order valence-corrected chi connectivity index (χ1v) is 5.40. The molecule has 0 fully saturated rings. The number of halogens is 2. The fourth-order valence-electron chi connectivity index (χ4n) is 1.59. The number of fused-ring (bicyclic) bond motifs is 1. The van der Waals surface area contributed by atoms with Crippen molar-refractivity contribution in [2.75, 3.05) is 6.61 Å². The Morgan fingerprint density at radius 1 is 1.33 bits per heavy atom. The van der Waals surface area contributed by atoms with E-state index in [1.165, 1.54) is 0 Å². The Hall–Kier alpha value is -0.480. The van der Waals surface area contributed by atoms with Gasteiger partial charge in [0.25, 0.3) is 0 Å². The van der Waals surface area contributed by atoms with E-state index in [0.717, 1.165) is 0 Å². The second kappa shape index (κ2) is 4.18. The number of ether oxygens (including phenoxy) is 1. The highest BCUT2D eigenvalue weighted by Crippen LogP contribution is 2.36. The van der Waals surface area contributed by atoms with Gasteiger partial charge in [-0.05, 0) is 12.5 Å². The van der Waals surface area contributed by atoms with Crippen molar-refractivity contribution >= 4 is 23.2 Å². The van der Waals surface area contributed by atoms with E-state index >= 15 is 0 Å². The number of aliphatic hydroxyl groups is 1. The Bertz CT molecular complexity index is 384. The van der Waals surface area contributed by atoms with Gasteiger partial charge in [0.15, 0.2) is 0 Å². The van der Waals surface area contributed by atoms with E-state index in [-0.39, 0.29) is 6.04 Å². The number of hydrogen-bond acceptors (Lipinski definition) is 3. The van der Waals surface area contributed by atoms with Crippen LogP contribution in [0, 0.1) is 0 Å². The summed E-state index contributed by atoms with van der Waals surface area (Å²) in [7, 11) is 0.